The van der Waals surface area contributed by atoms with Crippen LogP contribution in [0.5, 0.6) is 0 Å². The van der Waals surface area contributed by atoms with Crippen LogP contribution in [0.3, 0.4) is 0 Å². The molecule has 1 amide bonds. The Labute approximate surface area is 115 Å². The minimum absolute atomic E-state index is 0.0236. The van der Waals surface area contributed by atoms with Crippen LogP contribution < -0.4 is 0 Å². The zero-order chi connectivity index (χ0) is 13.5. The van der Waals surface area contributed by atoms with E-state index in [-0.39, 0.29) is 12.1 Å². The highest BCUT2D eigenvalue weighted by Gasteiger charge is 2.29. The largest absolute Gasteiger partial charge is 0.358 e. The third-order valence-corrected chi connectivity index (χ3v) is 3.54. The van der Waals surface area contributed by atoms with Gasteiger partial charge in [0.25, 0.3) is 5.91 Å². The highest BCUT2D eigenvalue weighted by atomic mass is 16.5. The molecule has 3 heteroatoms. The fraction of sp³-hybridized carbons (Fsp3) is 0.562. The average Bonchev–Trinajstić information content (AvgIpc) is 2.92. The van der Waals surface area contributed by atoms with Crippen LogP contribution in [0.25, 0.3) is 0 Å². The molecule has 0 aromatic heterocycles. The number of ether oxygens (including phenoxy) is 1. The lowest BCUT2D eigenvalue weighted by Gasteiger charge is -2.25. The lowest BCUT2D eigenvalue weighted by Crippen LogP contribution is -2.37. The monoisotopic (exact) mass is 261 g/mol. The van der Waals surface area contributed by atoms with Crippen LogP contribution in [0.1, 0.15) is 49.4 Å². The Balaban J connectivity index is 1.89. The van der Waals surface area contributed by atoms with Gasteiger partial charge in [-0.2, -0.15) is 0 Å². The standard InChI is InChI=1S/C16H23NO2/c1-2-3-7-13-19-15-11-8-12-17(15)16(18)14-9-5-4-6-10-14/h4-6,9-10,15H,2-3,7-8,11-13H2,1H3. The van der Waals surface area contributed by atoms with Crippen LogP contribution >= 0.6 is 0 Å². The van der Waals surface area contributed by atoms with Crippen LogP contribution in [0.15, 0.2) is 30.3 Å². The Morgan fingerprint density at radius 1 is 1.32 bits per heavy atom. The fourth-order valence-corrected chi connectivity index (χ4v) is 2.46. The molecule has 0 bridgehead atoms. The molecule has 1 unspecified atom stereocenters. The highest BCUT2D eigenvalue weighted by Crippen LogP contribution is 2.21. The van der Waals surface area contributed by atoms with Crippen molar-refractivity contribution in [2.45, 2.75) is 45.3 Å². The zero-order valence-corrected chi connectivity index (χ0v) is 11.7. The van der Waals surface area contributed by atoms with E-state index in [0.717, 1.165) is 38.0 Å². The third-order valence-electron chi connectivity index (χ3n) is 3.54. The maximum atomic E-state index is 12.4. The SMILES string of the molecule is CCCCCOC1CCCN1C(=O)c1ccccc1. The summed E-state index contributed by atoms with van der Waals surface area (Å²) in [7, 11) is 0. The summed E-state index contributed by atoms with van der Waals surface area (Å²) in [6.07, 6.45) is 5.45. The summed E-state index contributed by atoms with van der Waals surface area (Å²) in [6.45, 7) is 3.75. The second-order valence-corrected chi connectivity index (χ2v) is 5.04. The number of unbranched alkanes of at least 4 members (excludes halogenated alkanes) is 2. The Kier molecular flexibility index (Phi) is 5.40. The summed E-state index contributed by atoms with van der Waals surface area (Å²) in [5.41, 5.74) is 0.756. The topological polar surface area (TPSA) is 29.5 Å². The maximum absolute atomic E-state index is 12.4. The molecule has 0 radical (unpaired) electrons. The second-order valence-electron chi connectivity index (χ2n) is 5.04. The number of likely N-dealkylation sites (tertiary alicyclic amines) is 1. The number of nitrogens with zero attached hydrogens (tertiary/aromatic N) is 1. The number of rotatable bonds is 6. The molecule has 1 aromatic carbocycles. The van der Waals surface area contributed by atoms with E-state index in [2.05, 4.69) is 6.92 Å². The molecule has 1 aliphatic heterocycles. The Morgan fingerprint density at radius 3 is 2.84 bits per heavy atom. The van der Waals surface area contributed by atoms with Gasteiger partial charge in [-0.05, 0) is 31.4 Å². The minimum atomic E-state index is -0.0236. The number of carbonyl (C=O) groups excluding carboxylic acids is 1. The van der Waals surface area contributed by atoms with E-state index in [9.17, 15) is 4.79 Å². The molecule has 0 aliphatic carbocycles. The minimum Gasteiger partial charge on any atom is -0.358 e. The number of amides is 1. The van der Waals surface area contributed by atoms with Gasteiger partial charge in [0.05, 0.1) is 0 Å². The average molecular weight is 261 g/mol. The van der Waals surface area contributed by atoms with Crippen molar-refractivity contribution in [3.05, 3.63) is 35.9 Å². The molecular formula is C16H23NO2. The Hall–Kier alpha value is -1.35. The summed E-state index contributed by atoms with van der Waals surface area (Å²) < 4.78 is 5.87. The molecule has 3 nitrogen and oxygen atoms in total. The highest BCUT2D eigenvalue weighted by molar-refractivity contribution is 5.94. The third kappa shape index (κ3) is 3.80. The summed E-state index contributed by atoms with van der Waals surface area (Å²) >= 11 is 0. The van der Waals surface area contributed by atoms with Crippen LogP contribution in [0.4, 0.5) is 0 Å². The molecule has 0 N–H and O–H groups in total. The summed E-state index contributed by atoms with van der Waals surface area (Å²) in [5, 5.41) is 0. The van der Waals surface area contributed by atoms with Gasteiger partial charge in [0.15, 0.2) is 0 Å². The normalized spacial score (nSPS) is 18.8. The summed E-state index contributed by atoms with van der Waals surface area (Å²) in [5.74, 6) is 0.0959. The van der Waals surface area contributed by atoms with Crippen LogP contribution in [-0.4, -0.2) is 30.2 Å². The molecule has 2 rings (SSSR count). The molecule has 1 fully saturated rings. The quantitative estimate of drug-likeness (QED) is 0.734. The van der Waals surface area contributed by atoms with E-state index >= 15 is 0 Å². The fourth-order valence-electron chi connectivity index (χ4n) is 2.46. The molecule has 104 valence electrons. The van der Waals surface area contributed by atoms with Crippen LogP contribution in [0.2, 0.25) is 0 Å². The Bertz CT molecular complexity index is 391. The number of carbonyl (C=O) groups is 1. The van der Waals surface area contributed by atoms with Gasteiger partial charge in [0, 0.05) is 18.7 Å². The van der Waals surface area contributed by atoms with E-state index in [1.54, 1.807) is 0 Å². The van der Waals surface area contributed by atoms with Crippen molar-refractivity contribution < 1.29 is 9.53 Å². The van der Waals surface area contributed by atoms with Crippen molar-refractivity contribution in [2.75, 3.05) is 13.2 Å². The van der Waals surface area contributed by atoms with Gasteiger partial charge in [0.1, 0.15) is 6.23 Å². The van der Waals surface area contributed by atoms with Gasteiger partial charge in [-0.3, -0.25) is 4.79 Å². The van der Waals surface area contributed by atoms with Crippen molar-refractivity contribution in [1.29, 1.82) is 0 Å². The maximum Gasteiger partial charge on any atom is 0.255 e. The van der Waals surface area contributed by atoms with E-state index in [1.807, 2.05) is 35.2 Å². The number of hydrogen-bond acceptors (Lipinski definition) is 2. The molecule has 1 aliphatic rings. The smallest absolute Gasteiger partial charge is 0.255 e. The lowest BCUT2D eigenvalue weighted by molar-refractivity contribution is -0.0261. The van der Waals surface area contributed by atoms with Crippen molar-refractivity contribution in [2.24, 2.45) is 0 Å². The van der Waals surface area contributed by atoms with Crippen molar-refractivity contribution in [3.63, 3.8) is 0 Å². The molecule has 0 spiro atoms. The first kappa shape index (κ1) is 14.1. The summed E-state index contributed by atoms with van der Waals surface area (Å²) in [4.78, 5) is 14.3. The predicted molar refractivity (Wildman–Crippen MR) is 76.0 cm³/mol. The molecular weight excluding hydrogens is 238 g/mol. The van der Waals surface area contributed by atoms with Gasteiger partial charge in [-0.15, -0.1) is 0 Å². The molecule has 1 heterocycles. The molecule has 1 atom stereocenters. The van der Waals surface area contributed by atoms with Crippen molar-refractivity contribution in [3.8, 4) is 0 Å². The van der Waals surface area contributed by atoms with Gasteiger partial charge in [-0.1, -0.05) is 38.0 Å². The van der Waals surface area contributed by atoms with E-state index < -0.39 is 0 Å². The van der Waals surface area contributed by atoms with Crippen molar-refractivity contribution >= 4 is 5.91 Å². The Morgan fingerprint density at radius 2 is 2.11 bits per heavy atom. The van der Waals surface area contributed by atoms with Gasteiger partial charge >= 0.3 is 0 Å². The molecule has 19 heavy (non-hydrogen) atoms. The first-order chi connectivity index (χ1) is 9.33. The number of benzene rings is 1. The van der Waals surface area contributed by atoms with E-state index in [1.165, 1.54) is 12.8 Å². The van der Waals surface area contributed by atoms with Crippen LogP contribution in [0, 0.1) is 0 Å². The van der Waals surface area contributed by atoms with Gasteiger partial charge in [-0.25, -0.2) is 0 Å². The predicted octanol–water partition coefficient (Wildman–Crippen LogP) is 3.46. The van der Waals surface area contributed by atoms with E-state index in [0.29, 0.717) is 0 Å². The van der Waals surface area contributed by atoms with Crippen LogP contribution in [-0.2, 0) is 4.74 Å². The zero-order valence-electron chi connectivity index (χ0n) is 11.7. The molecule has 1 saturated heterocycles. The second kappa shape index (κ2) is 7.29. The first-order valence-electron chi connectivity index (χ1n) is 7.30. The van der Waals surface area contributed by atoms with Crippen molar-refractivity contribution in [1.82, 2.24) is 4.90 Å². The first-order valence-corrected chi connectivity index (χ1v) is 7.30. The van der Waals surface area contributed by atoms with E-state index in [4.69, 9.17) is 4.74 Å². The van der Waals surface area contributed by atoms with Gasteiger partial charge < -0.3 is 9.64 Å². The van der Waals surface area contributed by atoms with Gasteiger partial charge in [0.2, 0.25) is 0 Å². The molecule has 1 aromatic rings. The summed E-state index contributed by atoms with van der Waals surface area (Å²) in [6, 6.07) is 9.48. The molecule has 0 saturated carbocycles. The number of hydrogen-bond donors (Lipinski definition) is 0. The lowest BCUT2D eigenvalue weighted by atomic mass is 10.2.